The predicted molar refractivity (Wildman–Crippen MR) is 193 cm³/mol. The number of hydrogen-bond donors (Lipinski definition) is 1. The maximum atomic E-state index is 13.0. The molecule has 1 saturated heterocycles. The van der Waals surface area contributed by atoms with Crippen LogP contribution in [0.2, 0.25) is 0 Å². The number of ether oxygens (including phenoxy) is 3. The summed E-state index contributed by atoms with van der Waals surface area (Å²) in [5, 5.41) is 2.94. The second-order valence-electron chi connectivity index (χ2n) is 11.6. The fraction of sp³-hybridized carbons (Fsp3) is 0.368. The number of amides is 1. The molecule has 1 aliphatic heterocycles. The summed E-state index contributed by atoms with van der Waals surface area (Å²) in [6.45, 7) is 9.87. The van der Waals surface area contributed by atoms with Crippen LogP contribution in [-0.2, 0) is 37.4 Å². The summed E-state index contributed by atoms with van der Waals surface area (Å²) in [6.07, 6.45) is 10.1. The minimum Gasteiger partial charge on any atom is -0.491 e. The van der Waals surface area contributed by atoms with Crippen molar-refractivity contribution < 1.29 is 23.2 Å². The molecule has 1 fully saturated rings. The summed E-state index contributed by atoms with van der Waals surface area (Å²) in [6, 6.07) is 21.6. The third kappa shape index (κ3) is 10.1. The normalized spacial score (nSPS) is 13.9. The van der Waals surface area contributed by atoms with Gasteiger partial charge in [-0.25, -0.2) is 4.98 Å². The van der Waals surface area contributed by atoms with Crippen LogP contribution in [0.1, 0.15) is 44.4 Å². The zero-order valence-electron chi connectivity index (χ0n) is 27.9. The zero-order chi connectivity index (χ0) is 33.6. The Morgan fingerprint density at radius 3 is 2.48 bits per heavy atom. The van der Waals surface area contributed by atoms with Gasteiger partial charge in [-0.1, -0.05) is 38.5 Å². The molecule has 0 saturated carbocycles. The number of hydrogen-bond acceptors (Lipinski definition) is 7. The van der Waals surface area contributed by atoms with Crippen molar-refractivity contribution in [3.05, 3.63) is 96.6 Å². The first kappa shape index (κ1) is 35.1. The van der Waals surface area contributed by atoms with E-state index >= 15 is 0 Å². The molecule has 4 aromatic rings. The van der Waals surface area contributed by atoms with Crippen LogP contribution in [0.5, 0.6) is 5.75 Å². The third-order valence-electron chi connectivity index (χ3n) is 8.05. The van der Waals surface area contributed by atoms with E-state index < -0.39 is 10.8 Å². The number of rotatable bonds is 17. The summed E-state index contributed by atoms with van der Waals surface area (Å²) >= 11 is 0. The Morgan fingerprint density at radius 1 is 0.958 bits per heavy atom. The molecule has 0 spiro atoms. The molecule has 5 rings (SSSR count). The number of anilines is 2. The number of benzene rings is 3. The Balaban J connectivity index is 1.23. The number of unbranched alkanes of at least 4 members (excludes halogenated alkanes) is 1. The van der Waals surface area contributed by atoms with E-state index in [1.54, 1.807) is 42.9 Å². The minimum atomic E-state index is -1.22. The number of aromatic nitrogens is 2. The third-order valence-corrected chi connectivity index (χ3v) is 9.40. The highest BCUT2D eigenvalue weighted by Crippen LogP contribution is 2.30. The zero-order valence-corrected chi connectivity index (χ0v) is 28.8. The summed E-state index contributed by atoms with van der Waals surface area (Å²) in [5.41, 5.74) is 5.69. The van der Waals surface area contributed by atoms with Gasteiger partial charge >= 0.3 is 0 Å². The molecular weight excluding hydrogens is 625 g/mol. The number of nitrogens with one attached hydrogen (secondary N) is 1. The molecule has 9 nitrogen and oxygen atoms in total. The SMILES string of the molecule is CCCCOCCOc1ccc(-c2ccc(N3CCOCC3)c(C=CC(=O)Nc3ccc(S(=O)Cc4cncn4CCC)cc3)c2)cc1. The van der Waals surface area contributed by atoms with Gasteiger partial charge in [-0.15, -0.1) is 0 Å². The maximum Gasteiger partial charge on any atom is 0.248 e. The monoisotopic (exact) mass is 670 g/mol. The Morgan fingerprint density at radius 2 is 1.73 bits per heavy atom. The van der Waals surface area contributed by atoms with E-state index in [2.05, 4.69) is 47.2 Å². The van der Waals surface area contributed by atoms with E-state index in [4.69, 9.17) is 14.2 Å². The van der Waals surface area contributed by atoms with Gasteiger partial charge in [0.2, 0.25) is 5.91 Å². The van der Waals surface area contributed by atoms with Crippen molar-refractivity contribution in [1.29, 1.82) is 0 Å². The lowest BCUT2D eigenvalue weighted by molar-refractivity contribution is -0.111. The lowest BCUT2D eigenvalue weighted by Crippen LogP contribution is -2.36. The number of morpholine rings is 1. The predicted octanol–water partition coefficient (Wildman–Crippen LogP) is 6.95. The number of carbonyl (C=O) groups is 1. The molecular formula is C38H46N4O5S. The molecule has 0 bridgehead atoms. The minimum absolute atomic E-state index is 0.245. The molecule has 10 heteroatoms. The standard InChI is InChI=1S/C38H46N4O5S/c1-3-5-21-45-24-25-47-35-12-6-30(7-13-35)31-8-16-37(41-19-22-46-23-20-41)32(26-31)9-17-38(43)40-33-10-14-36(15-11-33)48(44)28-34-27-39-29-42(34)18-4-2/h6-17,26-27,29H,3-5,18-25,28H2,1-2H3,(H,40,43). The molecule has 1 aromatic heterocycles. The van der Waals surface area contributed by atoms with Crippen LogP contribution in [0, 0.1) is 0 Å². The van der Waals surface area contributed by atoms with Gasteiger partial charge in [0, 0.05) is 54.8 Å². The van der Waals surface area contributed by atoms with E-state index in [1.807, 2.05) is 34.9 Å². The van der Waals surface area contributed by atoms with Gasteiger partial charge in [0.05, 0.1) is 48.4 Å². The highest BCUT2D eigenvalue weighted by atomic mass is 32.2. The average Bonchev–Trinajstić information content (AvgIpc) is 3.56. The van der Waals surface area contributed by atoms with Crippen LogP contribution in [0.25, 0.3) is 17.2 Å². The smallest absolute Gasteiger partial charge is 0.248 e. The van der Waals surface area contributed by atoms with Crippen LogP contribution in [-0.4, -0.2) is 65.8 Å². The first-order valence-electron chi connectivity index (χ1n) is 16.8. The van der Waals surface area contributed by atoms with Gasteiger partial charge in [-0.3, -0.25) is 9.00 Å². The summed E-state index contributed by atoms with van der Waals surface area (Å²) < 4.78 is 32.1. The molecule has 1 N–H and O–H groups in total. The van der Waals surface area contributed by atoms with E-state index in [0.717, 1.165) is 79.3 Å². The van der Waals surface area contributed by atoms with Crippen molar-refractivity contribution in [2.24, 2.45) is 0 Å². The molecule has 0 aliphatic carbocycles. The highest BCUT2D eigenvalue weighted by Gasteiger charge is 2.15. The summed E-state index contributed by atoms with van der Waals surface area (Å²) in [5.74, 6) is 0.954. The second kappa shape index (κ2) is 18.3. The van der Waals surface area contributed by atoms with Crippen molar-refractivity contribution in [1.82, 2.24) is 9.55 Å². The van der Waals surface area contributed by atoms with E-state index in [1.165, 1.54) is 0 Å². The van der Waals surface area contributed by atoms with Crippen LogP contribution in [0.4, 0.5) is 11.4 Å². The van der Waals surface area contributed by atoms with E-state index in [-0.39, 0.29) is 5.91 Å². The molecule has 48 heavy (non-hydrogen) atoms. The number of carbonyl (C=O) groups excluding carboxylic acids is 1. The maximum absolute atomic E-state index is 13.0. The first-order valence-corrected chi connectivity index (χ1v) is 18.1. The topological polar surface area (TPSA) is 94.9 Å². The summed E-state index contributed by atoms with van der Waals surface area (Å²) in [7, 11) is -1.22. The van der Waals surface area contributed by atoms with Gasteiger partial charge in [-0.2, -0.15) is 0 Å². The second-order valence-corrected chi connectivity index (χ2v) is 13.1. The van der Waals surface area contributed by atoms with Gasteiger partial charge in [0.1, 0.15) is 12.4 Å². The van der Waals surface area contributed by atoms with Crippen molar-refractivity contribution in [2.45, 2.75) is 50.3 Å². The molecule has 3 aromatic carbocycles. The lowest BCUT2D eigenvalue weighted by atomic mass is 10.0. The number of aryl methyl sites for hydroxylation is 1. The first-order chi connectivity index (χ1) is 23.5. The van der Waals surface area contributed by atoms with Gasteiger partial charge in [0.15, 0.2) is 0 Å². The van der Waals surface area contributed by atoms with Crippen LogP contribution >= 0.6 is 0 Å². The molecule has 1 amide bonds. The fourth-order valence-corrected chi connectivity index (χ4v) is 6.55. The van der Waals surface area contributed by atoms with E-state index in [9.17, 15) is 9.00 Å². The van der Waals surface area contributed by atoms with Crippen molar-refractivity contribution >= 4 is 34.2 Å². The van der Waals surface area contributed by atoms with Crippen LogP contribution < -0.4 is 15.0 Å². The fourth-order valence-electron chi connectivity index (χ4n) is 5.44. The Kier molecular flexibility index (Phi) is 13.4. The molecule has 1 atom stereocenters. The lowest BCUT2D eigenvalue weighted by Gasteiger charge is -2.30. The molecule has 2 heterocycles. The van der Waals surface area contributed by atoms with Crippen LogP contribution in [0.15, 0.2) is 90.2 Å². The molecule has 0 radical (unpaired) electrons. The highest BCUT2D eigenvalue weighted by molar-refractivity contribution is 7.84. The van der Waals surface area contributed by atoms with Gasteiger partial charge < -0.3 is 29.0 Å². The molecule has 254 valence electrons. The largest absolute Gasteiger partial charge is 0.491 e. The van der Waals surface area contributed by atoms with E-state index in [0.29, 0.717) is 42.8 Å². The quantitative estimate of drug-likeness (QED) is 0.0960. The Hall–Kier alpha value is -4.25. The molecule has 1 aliphatic rings. The van der Waals surface area contributed by atoms with Gasteiger partial charge in [0.25, 0.3) is 0 Å². The van der Waals surface area contributed by atoms with Crippen molar-refractivity contribution in [3.63, 3.8) is 0 Å². The van der Waals surface area contributed by atoms with Crippen LogP contribution in [0.3, 0.4) is 0 Å². The summed E-state index contributed by atoms with van der Waals surface area (Å²) in [4.78, 5) is 20.2. The average molecular weight is 671 g/mol. The van der Waals surface area contributed by atoms with Crippen molar-refractivity contribution in [2.75, 3.05) is 56.3 Å². The molecule has 1 unspecified atom stereocenters. The van der Waals surface area contributed by atoms with Gasteiger partial charge in [-0.05, 0) is 84.1 Å². The van der Waals surface area contributed by atoms with Crippen molar-refractivity contribution in [3.8, 4) is 16.9 Å². The Bertz CT molecular complexity index is 1650. The number of imidazole rings is 1. The number of nitrogens with zero attached hydrogens (tertiary/aromatic N) is 3. The Labute approximate surface area is 286 Å².